The number of sulfonamides is 1. The molecule has 21 heavy (non-hydrogen) atoms. The minimum atomic E-state index is -3.76. The van der Waals surface area contributed by atoms with Crippen LogP contribution in [0.15, 0.2) is 47.4 Å². The molecule has 0 aromatic heterocycles. The fraction of sp³-hybridized carbons (Fsp3) is 0.0714. The number of benzene rings is 2. The first-order chi connectivity index (χ1) is 9.95. The minimum Gasteiger partial charge on any atom is -0.326 e. The number of hydrogen-bond donors (Lipinski definition) is 2. The van der Waals surface area contributed by atoms with Gasteiger partial charge in [0.25, 0.3) is 10.0 Å². The van der Waals surface area contributed by atoms with Gasteiger partial charge in [-0.1, -0.05) is 23.7 Å². The highest BCUT2D eigenvalue weighted by atomic mass is 35.5. The van der Waals surface area contributed by atoms with Crippen molar-refractivity contribution in [2.75, 3.05) is 10.0 Å². The molecule has 5 nitrogen and oxygen atoms in total. The Morgan fingerprint density at radius 1 is 1.14 bits per heavy atom. The smallest absolute Gasteiger partial charge is 0.263 e. The van der Waals surface area contributed by atoms with Gasteiger partial charge in [0, 0.05) is 11.4 Å². The maximum Gasteiger partial charge on any atom is 0.263 e. The normalized spacial score (nSPS) is 13.7. The Labute approximate surface area is 127 Å². The van der Waals surface area contributed by atoms with Crippen molar-refractivity contribution >= 4 is 38.9 Å². The van der Waals surface area contributed by atoms with Gasteiger partial charge in [0.1, 0.15) is 4.90 Å². The highest BCUT2D eigenvalue weighted by Crippen LogP contribution is 2.28. The molecule has 0 saturated heterocycles. The molecule has 0 fully saturated rings. The predicted molar refractivity (Wildman–Crippen MR) is 81.0 cm³/mol. The summed E-state index contributed by atoms with van der Waals surface area (Å²) in [6, 6.07) is 11.1. The van der Waals surface area contributed by atoms with Crippen LogP contribution in [-0.2, 0) is 21.2 Å². The molecule has 2 aromatic carbocycles. The highest BCUT2D eigenvalue weighted by molar-refractivity contribution is 7.92. The number of amides is 1. The first-order valence-electron chi connectivity index (χ1n) is 6.16. The molecule has 0 atom stereocenters. The van der Waals surface area contributed by atoms with E-state index >= 15 is 0 Å². The Kier molecular flexibility index (Phi) is 3.35. The third-order valence-electron chi connectivity index (χ3n) is 3.11. The zero-order chi connectivity index (χ0) is 15.0. The lowest BCUT2D eigenvalue weighted by atomic mass is 10.1. The van der Waals surface area contributed by atoms with Crippen LogP contribution in [-0.4, -0.2) is 14.3 Å². The monoisotopic (exact) mass is 322 g/mol. The molecule has 1 amide bonds. The number of carbonyl (C=O) groups excluding carboxylic acids is 1. The van der Waals surface area contributed by atoms with Gasteiger partial charge in [0.15, 0.2) is 0 Å². The van der Waals surface area contributed by atoms with E-state index in [0.717, 1.165) is 5.56 Å². The van der Waals surface area contributed by atoms with Gasteiger partial charge in [-0.15, -0.1) is 0 Å². The molecule has 3 rings (SSSR count). The second kappa shape index (κ2) is 5.05. The number of rotatable bonds is 3. The summed E-state index contributed by atoms with van der Waals surface area (Å²) in [4.78, 5) is 11.3. The van der Waals surface area contributed by atoms with Crippen LogP contribution >= 0.6 is 11.6 Å². The lowest BCUT2D eigenvalue weighted by molar-refractivity contribution is -0.115. The molecular weight excluding hydrogens is 312 g/mol. The van der Waals surface area contributed by atoms with Gasteiger partial charge in [-0.2, -0.15) is 0 Å². The molecule has 1 heterocycles. The van der Waals surface area contributed by atoms with Crippen molar-refractivity contribution < 1.29 is 13.2 Å². The molecule has 7 heteroatoms. The summed E-state index contributed by atoms with van der Waals surface area (Å²) in [6.45, 7) is 0. The Hall–Kier alpha value is -2.05. The van der Waals surface area contributed by atoms with E-state index < -0.39 is 10.0 Å². The van der Waals surface area contributed by atoms with E-state index in [1.165, 1.54) is 12.1 Å². The van der Waals surface area contributed by atoms with E-state index in [1.54, 1.807) is 30.3 Å². The van der Waals surface area contributed by atoms with E-state index in [1.807, 2.05) is 0 Å². The topological polar surface area (TPSA) is 75.3 Å². The van der Waals surface area contributed by atoms with Crippen LogP contribution in [0.25, 0.3) is 0 Å². The average molecular weight is 323 g/mol. The predicted octanol–water partition coefficient (Wildman–Crippen LogP) is 2.64. The van der Waals surface area contributed by atoms with Gasteiger partial charge in [-0.25, -0.2) is 8.42 Å². The minimum absolute atomic E-state index is 0.0152. The standard InChI is InChI=1S/C14H11ClN2O3S/c15-11-3-1-2-4-13(11)21(19,20)17-10-5-6-12-9(7-10)8-14(18)16-12/h1-7,17H,8H2,(H,16,18). The lowest BCUT2D eigenvalue weighted by Gasteiger charge is -2.10. The zero-order valence-corrected chi connectivity index (χ0v) is 12.3. The summed E-state index contributed by atoms with van der Waals surface area (Å²) in [6.07, 6.45) is 0.247. The Morgan fingerprint density at radius 3 is 2.67 bits per heavy atom. The van der Waals surface area contributed by atoms with Crippen molar-refractivity contribution in [3.8, 4) is 0 Å². The molecule has 1 aliphatic heterocycles. The molecule has 2 N–H and O–H groups in total. The van der Waals surface area contributed by atoms with Gasteiger partial charge >= 0.3 is 0 Å². The number of carbonyl (C=O) groups is 1. The summed E-state index contributed by atoms with van der Waals surface area (Å²) in [5, 5.41) is 2.85. The Balaban J connectivity index is 1.92. The van der Waals surface area contributed by atoms with Crippen LogP contribution in [0.1, 0.15) is 5.56 Å². The average Bonchev–Trinajstić information content (AvgIpc) is 2.78. The van der Waals surface area contributed by atoms with Crippen LogP contribution in [0.5, 0.6) is 0 Å². The van der Waals surface area contributed by atoms with Crippen LogP contribution in [0.2, 0.25) is 5.02 Å². The number of halogens is 1. The van der Waals surface area contributed by atoms with Crippen molar-refractivity contribution in [3.63, 3.8) is 0 Å². The number of fused-ring (bicyclic) bond motifs is 1. The quantitative estimate of drug-likeness (QED) is 0.912. The fourth-order valence-corrected chi connectivity index (χ4v) is 3.74. The van der Waals surface area contributed by atoms with Crippen molar-refractivity contribution in [2.45, 2.75) is 11.3 Å². The molecule has 0 radical (unpaired) electrons. The van der Waals surface area contributed by atoms with E-state index in [0.29, 0.717) is 11.4 Å². The van der Waals surface area contributed by atoms with E-state index in [-0.39, 0.29) is 22.2 Å². The van der Waals surface area contributed by atoms with Crippen molar-refractivity contribution in [2.24, 2.45) is 0 Å². The summed E-state index contributed by atoms with van der Waals surface area (Å²) >= 11 is 5.91. The van der Waals surface area contributed by atoms with Crippen molar-refractivity contribution in [1.29, 1.82) is 0 Å². The van der Waals surface area contributed by atoms with Gasteiger partial charge in [-0.3, -0.25) is 9.52 Å². The van der Waals surface area contributed by atoms with Crippen LogP contribution in [0, 0.1) is 0 Å². The first kappa shape index (κ1) is 13.9. The molecule has 108 valence electrons. The zero-order valence-electron chi connectivity index (χ0n) is 10.8. The number of anilines is 2. The van der Waals surface area contributed by atoms with E-state index in [9.17, 15) is 13.2 Å². The maximum absolute atomic E-state index is 12.3. The van der Waals surface area contributed by atoms with Crippen LogP contribution < -0.4 is 10.0 Å². The number of nitrogens with one attached hydrogen (secondary N) is 2. The highest BCUT2D eigenvalue weighted by Gasteiger charge is 2.21. The van der Waals surface area contributed by atoms with E-state index in [4.69, 9.17) is 11.6 Å². The Morgan fingerprint density at radius 2 is 1.90 bits per heavy atom. The molecule has 2 aromatic rings. The molecule has 0 saturated carbocycles. The van der Waals surface area contributed by atoms with E-state index in [2.05, 4.69) is 10.0 Å². The molecular formula is C14H11ClN2O3S. The largest absolute Gasteiger partial charge is 0.326 e. The second-order valence-corrected chi connectivity index (χ2v) is 6.69. The third-order valence-corrected chi connectivity index (χ3v) is 4.99. The third kappa shape index (κ3) is 2.72. The molecule has 0 spiro atoms. The molecule has 0 bridgehead atoms. The fourth-order valence-electron chi connectivity index (χ4n) is 2.17. The second-order valence-electron chi connectivity index (χ2n) is 4.63. The first-order valence-corrected chi connectivity index (χ1v) is 8.02. The molecule has 1 aliphatic rings. The Bertz CT molecular complexity index is 834. The SMILES string of the molecule is O=C1Cc2cc(NS(=O)(=O)c3ccccc3Cl)ccc2N1. The van der Waals surface area contributed by atoms with Crippen LogP contribution in [0.4, 0.5) is 11.4 Å². The summed E-state index contributed by atoms with van der Waals surface area (Å²) in [7, 11) is -3.76. The van der Waals surface area contributed by atoms with Crippen molar-refractivity contribution in [1.82, 2.24) is 0 Å². The molecule has 0 unspecified atom stereocenters. The van der Waals surface area contributed by atoms with Gasteiger partial charge < -0.3 is 5.32 Å². The van der Waals surface area contributed by atoms with Crippen molar-refractivity contribution in [3.05, 3.63) is 53.1 Å². The maximum atomic E-state index is 12.3. The van der Waals surface area contributed by atoms with Crippen LogP contribution in [0.3, 0.4) is 0 Å². The summed E-state index contributed by atoms with van der Waals surface area (Å²) < 4.78 is 27.1. The van der Waals surface area contributed by atoms with Gasteiger partial charge in [-0.05, 0) is 35.9 Å². The molecule has 0 aliphatic carbocycles. The summed E-state index contributed by atoms with van der Waals surface area (Å²) in [5.41, 5.74) is 1.87. The van der Waals surface area contributed by atoms with Gasteiger partial charge in [0.05, 0.1) is 11.4 Å². The summed E-state index contributed by atoms with van der Waals surface area (Å²) in [5.74, 6) is -0.101. The number of hydrogen-bond acceptors (Lipinski definition) is 3. The van der Waals surface area contributed by atoms with Gasteiger partial charge in [0.2, 0.25) is 5.91 Å². The lowest BCUT2D eigenvalue weighted by Crippen LogP contribution is -2.13.